The number of para-hydroxylation sites is 1. The molecule has 0 atom stereocenters. The summed E-state index contributed by atoms with van der Waals surface area (Å²) in [6.07, 6.45) is 7.43. The van der Waals surface area contributed by atoms with Crippen LogP contribution in [0.4, 0.5) is 5.69 Å². The maximum absolute atomic E-state index is 13.2. The topological polar surface area (TPSA) is 52.8 Å². The van der Waals surface area contributed by atoms with Crippen LogP contribution in [0.25, 0.3) is 0 Å². The lowest BCUT2D eigenvalue weighted by molar-refractivity contribution is 0.0574. The zero-order valence-corrected chi connectivity index (χ0v) is 15.8. The number of carbonyl (C=O) groups is 1. The summed E-state index contributed by atoms with van der Waals surface area (Å²) in [6.45, 7) is 5.65. The van der Waals surface area contributed by atoms with E-state index in [2.05, 4.69) is 20.8 Å². The van der Waals surface area contributed by atoms with Crippen LogP contribution in [0.2, 0.25) is 0 Å². The molecule has 2 aliphatic heterocycles. The van der Waals surface area contributed by atoms with Gasteiger partial charge in [-0.15, -0.1) is 0 Å². The molecule has 1 aromatic carbocycles. The van der Waals surface area contributed by atoms with Gasteiger partial charge in [0.25, 0.3) is 5.91 Å². The molecule has 0 bridgehead atoms. The van der Waals surface area contributed by atoms with E-state index in [1.807, 2.05) is 18.2 Å². The Balaban J connectivity index is 1.42. The molecule has 1 aromatic rings. The summed E-state index contributed by atoms with van der Waals surface area (Å²) in [7, 11) is 0. The molecule has 4 rings (SSSR count). The van der Waals surface area contributed by atoms with E-state index in [0.29, 0.717) is 6.04 Å². The van der Waals surface area contributed by atoms with Gasteiger partial charge in [-0.2, -0.15) is 0 Å². The van der Waals surface area contributed by atoms with Crippen molar-refractivity contribution in [3.63, 3.8) is 0 Å². The van der Waals surface area contributed by atoms with Gasteiger partial charge in [0.2, 0.25) is 0 Å². The van der Waals surface area contributed by atoms with Crippen LogP contribution in [-0.2, 0) is 0 Å². The zero-order valence-electron chi connectivity index (χ0n) is 15.8. The van der Waals surface area contributed by atoms with E-state index < -0.39 is 0 Å². The fourth-order valence-electron chi connectivity index (χ4n) is 4.80. The Morgan fingerprint density at radius 2 is 1.54 bits per heavy atom. The average Bonchev–Trinajstić information content (AvgIpc) is 3.23. The summed E-state index contributed by atoms with van der Waals surface area (Å²) in [5.74, 6) is 0.196. The van der Waals surface area contributed by atoms with Crippen molar-refractivity contribution in [2.24, 2.45) is 5.73 Å². The number of nitrogens with zero attached hydrogens (tertiary/aromatic N) is 3. The van der Waals surface area contributed by atoms with Crippen molar-refractivity contribution < 1.29 is 4.79 Å². The van der Waals surface area contributed by atoms with Gasteiger partial charge in [-0.25, -0.2) is 0 Å². The summed E-state index contributed by atoms with van der Waals surface area (Å²) in [6, 6.07) is 9.18. The number of benzene rings is 1. The Labute approximate surface area is 157 Å². The third-order valence-corrected chi connectivity index (χ3v) is 6.46. The predicted octanol–water partition coefficient (Wildman–Crippen LogP) is 2.31. The minimum absolute atomic E-state index is 0.196. The first-order valence-corrected chi connectivity index (χ1v) is 10.4. The van der Waals surface area contributed by atoms with Crippen molar-refractivity contribution >= 4 is 11.6 Å². The number of carbonyl (C=O) groups excluding carboxylic acids is 1. The molecule has 1 amide bonds. The molecule has 2 saturated heterocycles. The molecule has 1 saturated carbocycles. The number of hydrogen-bond donors (Lipinski definition) is 1. The third kappa shape index (κ3) is 3.74. The highest BCUT2D eigenvalue weighted by Gasteiger charge is 2.29. The Kier molecular flexibility index (Phi) is 5.46. The van der Waals surface area contributed by atoms with E-state index in [1.54, 1.807) is 0 Å². The molecule has 26 heavy (non-hydrogen) atoms. The number of nitrogens with two attached hydrogens (primary N) is 1. The lowest BCUT2D eigenvalue weighted by Gasteiger charge is -2.39. The molecule has 2 heterocycles. The molecule has 0 spiro atoms. The number of piperidine rings is 1. The van der Waals surface area contributed by atoms with Crippen LogP contribution < -0.4 is 10.6 Å². The normalized spacial score (nSPS) is 23.6. The summed E-state index contributed by atoms with van der Waals surface area (Å²) >= 11 is 0. The predicted molar refractivity (Wildman–Crippen MR) is 106 cm³/mol. The van der Waals surface area contributed by atoms with Crippen LogP contribution >= 0.6 is 0 Å². The van der Waals surface area contributed by atoms with Crippen LogP contribution in [0, 0.1) is 0 Å². The number of anilines is 1. The molecule has 3 aliphatic rings. The van der Waals surface area contributed by atoms with Crippen molar-refractivity contribution in [2.45, 2.75) is 50.6 Å². The average molecular weight is 357 g/mol. The number of piperazine rings is 1. The SMILES string of the molecule is NC1CCN(c2ccccc2C(=O)N2CCN(C3CCCC3)CC2)CC1. The monoisotopic (exact) mass is 356 g/mol. The van der Waals surface area contributed by atoms with Gasteiger partial charge < -0.3 is 15.5 Å². The molecular weight excluding hydrogens is 324 g/mol. The summed E-state index contributed by atoms with van der Waals surface area (Å²) in [5, 5.41) is 0. The van der Waals surface area contributed by atoms with Crippen LogP contribution in [0.1, 0.15) is 48.9 Å². The van der Waals surface area contributed by atoms with E-state index in [-0.39, 0.29) is 5.91 Å². The second kappa shape index (κ2) is 7.97. The van der Waals surface area contributed by atoms with Gasteiger partial charge in [-0.1, -0.05) is 25.0 Å². The molecule has 142 valence electrons. The lowest BCUT2D eigenvalue weighted by atomic mass is 10.0. The maximum atomic E-state index is 13.2. The summed E-state index contributed by atoms with van der Waals surface area (Å²) < 4.78 is 0. The van der Waals surface area contributed by atoms with E-state index in [1.165, 1.54) is 25.7 Å². The zero-order chi connectivity index (χ0) is 17.9. The fraction of sp³-hybridized carbons (Fsp3) is 0.667. The largest absolute Gasteiger partial charge is 0.371 e. The van der Waals surface area contributed by atoms with Crippen LogP contribution in [0.15, 0.2) is 24.3 Å². The van der Waals surface area contributed by atoms with Crippen LogP contribution in [0.5, 0.6) is 0 Å². The fourth-order valence-corrected chi connectivity index (χ4v) is 4.80. The second-order valence-corrected chi connectivity index (χ2v) is 8.11. The minimum Gasteiger partial charge on any atom is -0.371 e. The standard InChI is InChI=1S/C21H32N4O/c22-17-9-11-24(12-10-17)20-8-4-3-7-19(20)21(26)25-15-13-23(14-16-25)18-5-1-2-6-18/h3-4,7-8,17-18H,1-2,5-6,9-16,22H2. The van der Waals surface area contributed by atoms with E-state index in [9.17, 15) is 4.79 Å². The van der Waals surface area contributed by atoms with Gasteiger partial charge >= 0.3 is 0 Å². The van der Waals surface area contributed by atoms with Gasteiger partial charge in [-0.05, 0) is 37.8 Å². The Morgan fingerprint density at radius 3 is 2.23 bits per heavy atom. The lowest BCUT2D eigenvalue weighted by Crippen LogP contribution is -2.51. The second-order valence-electron chi connectivity index (χ2n) is 8.11. The Morgan fingerprint density at radius 1 is 0.885 bits per heavy atom. The van der Waals surface area contributed by atoms with Crippen LogP contribution in [-0.4, -0.2) is 67.1 Å². The molecular formula is C21H32N4O. The third-order valence-electron chi connectivity index (χ3n) is 6.46. The van der Waals surface area contributed by atoms with Crippen LogP contribution in [0.3, 0.4) is 0 Å². The molecule has 3 fully saturated rings. The highest BCUT2D eigenvalue weighted by atomic mass is 16.2. The quantitative estimate of drug-likeness (QED) is 0.903. The van der Waals surface area contributed by atoms with Crippen molar-refractivity contribution in [1.82, 2.24) is 9.80 Å². The highest BCUT2D eigenvalue weighted by Crippen LogP contribution is 2.27. The summed E-state index contributed by atoms with van der Waals surface area (Å²) in [5.41, 5.74) is 7.99. The number of rotatable bonds is 3. The smallest absolute Gasteiger partial charge is 0.256 e. The van der Waals surface area contributed by atoms with E-state index in [4.69, 9.17) is 5.73 Å². The van der Waals surface area contributed by atoms with E-state index in [0.717, 1.165) is 69.4 Å². The van der Waals surface area contributed by atoms with Gasteiger partial charge in [-0.3, -0.25) is 9.69 Å². The Bertz CT molecular complexity index is 612. The highest BCUT2D eigenvalue weighted by molar-refractivity contribution is 6.00. The molecule has 5 heteroatoms. The van der Waals surface area contributed by atoms with Crippen molar-refractivity contribution in [3.05, 3.63) is 29.8 Å². The number of hydrogen-bond acceptors (Lipinski definition) is 4. The molecule has 2 N–H and O–H groups in total. The Hall–Kier alpha value is -1.59. The van der Waals surface area contributed by atoms with Gasteiger partial charge in [0, 0.05) is 57.0 Å². The van der Waals surface area contributed by atoms with E-state index >= 15 is 0 Å². The molecule has 0 unspecified atom stereocenters. The van der Waals surface area contributed by atoms with Gasteiger partial charge in [0.15, 0.2) is 0 Å². The van der Waals surface area contributed by atoms with Crippen molar-refractivity contribution in [1.29, 1.82) is 0 Å². The summed E-state index contributed by atoms with van der Waals surface area (Å²) in [4.78, 5) is 20.2. The molecule has 5 nitrogen and oxygen atoms in total. The molecule has 1 aliphatic carbocycles. The van der Waals surface area contributed by atoms with Gasteiger partial charge in [0.05, 0.1) is 5.56 Å². The first-order chi connectivity index (χ1) is 12.7. The van der Waals surface area contributed by atoms with Crippen molar-refractivity contribution in [2.75, 3.05) is 44.2 Å². The van der Waals surface area contributed by atoms with Crippen molar-refractivity contribution in [3.8, 4) is 0 Å². The number of amides is 1. The first-order valence-electron chi connectivity index (χ1n) is 10.4. The molecule has 0 aromatic heterocycles. The minimum atomic E-state index is 0.196. The molecule has 0 radical (unpaired) electrons. The van der Waals surface area contributed by atoms with Gasteiger partial charge in [0.1, 0.15) is 0 Å². The maximum Gasteiger partial charge on any atom is 0.256 e. The first kappa shape index (κ1) is 17.8.